The van der Waals surface area contributed by atoms with Gasteiger partial charge in [-0.15, -0.1) is 0 Å². The highest BCUT2D eigenvalue weighted by atomic mass is 15.1. The topological polar surface area (TPSA) is 21.1 Å². The summed E-state index contributed by atoms with van der Waals surface area (Å²) < 4.78 is 2.39. The molecule has 3 nitrogen and oxygen atoms in total. The summed E-state index contributed by atoms with van der Waals surface area (Å²) >= 11 is 0. The van der Waals surface area contributed by atoms with Crippen molar-refractivity contribution in [1.82, 2.24) is 14.5 Å². The fourth-order valence-corrected chi connectivity index (χ4v) is 4.34. The zero-order valence-corrected chi connectivity index (χ0v) is 16.8. The Hall–Kier alpha value is -3.17. The van der Waals surface area contributed by atoms with E-state index < -0.39 is 0 Å². The van der Waals surface area contributed by atoms with Gasteiger partial charge in [0.1, 0.15) is 0 Å². The third-order valence-electron chi connectivity index (χ3n) is 5.77. The quantitative estimate of drug-likeness (QED) is 0.465. The molecule has 0 fully saturated rings. The second-order valence-corrected chi connectivity index (χ2v) is 7.86. The largest absolute Gasteiger partial charge is 0.320 e. The monoisotopic (exact) mass is 379 g/mol. The number of fused-ring (bicyclic) bond motifs is 3. The molecule has 3 heterocycles. The zero-order valence-electron chi connectivity index (χ0n) is 16.8. The molecule has 0 N–H and O–H groups in total. The van der Waals surface area contributed by atoms with E-state index in [0.717, 1.165) is 31.6 Å². The summed E-state index contributed by atoms with van der Waals surface area (Å²) in [4.78, 5) is 6.79. The van der Waals surface area contributed by atoms with Crippen LogP contribution in [0.5, 0.6) is 0 Å². The molecule has 1 aliphatic heterocycles. The second kappa shape index (κ2) is 7.69. The fourth-order valence-electron chi connectivity index (χ4n) is 4.34. The second-order valence-electron chi connectivity index (χ2n) is 7.86. The average Bonchev–Trinajstić information content (AvgIpc) is 3.06. The van der Waals surface area contributed by atoms with Gasteiger partial charge in [-0.3, -0.25) is 9.88 Å². The highest BCUT2D eigenvalue weighted by Gasteiger charge is 2.23. The predicted octanol–water partition coefficient (Wildman–Crippen LogP) is 5.53. The third kappa shape index (κ3) is 3.62. The molecular formula is C26H25N3. The van der Waals surface area contributed by atoms with Crippen molar-refractivity contribution in [2.24, 2.45) is 0 Å². The number of nitrogens with zero attached hydrogens (tertiary/aromatic N) is 3. The number of pyridine rings is 1. The minimum absolute atomic E-state index is 0.998. The molecule has 1 aliphatic rings. The first-order chi connectivity index (χ1) is 14.3. The van der Waals surface area contributed by atoms with E-state index in [1.165, 1.54) is 33.3 Å². The molecule has 3 heteroatoms. The maximum absolute atomic E-state index is 4.23. The Morgan fingerprint density at radius 2 is 1.93 bits per heavy atom. The molecule has 0 saturated heterocycles. The van der Waals surface area contributed by atoms with Crippen LogP contribution in [0.15, 0.2) is 73.1 Å². The van der Waals surface area contributed by atoms with Crippen LogP contribution in [0.25, 0.3) is 23.2 Å². The van der Waals surface area contributed by atoms with Gasteiger partial charge in [0.2, 0.25) is 0 Å². The van der Waals surface area contributed by atoms with Crippen molar-refractivity contribution in [2.45, 2.75) is 26.4 Å². The van der Waals surface area contributed by atoms with Crippen molar-refractivity contribution in [2.75, 3.05) is 6.54 Å². The molecule has 0 atom stereocenters. The van der Waals surface area contributed by atoms with Crippen LogP contribution in [0.4, 0.5) is 0 Å². The van der Waals surface area contributed by atoms with E-state index in [1.807, 2.05) is 18.5 Å². The molecule has 0 radical (unpaired) electrons. The Balaban J connectivity index is 1.52. The molecule has 2 aromatic heterocycles. The lowest BCUT2D eigenvalue weighted by Gasteiger charge is -2.28. The van der Waals surface area contributed by atoms with Crippen molar-refractivity contribution >= 4 is 23.2 Å². The van der Waals surface area contributed by atoms with Gasteiger partial charge in [-0.25, -0.2) is 0 Å². The molecule has 0 aliphatic carbocycles. The van der Waals surface area contributed by atoms with Crippen LogP contribution in [0.3, 0.4) is 0 Å². The fraction of sp³-hybridized carbons (Fsp3) is 0.192. The Labute approximate surface area is 171 Å². The lowest BCUT2D eigenvalue weighted by atomic mass is 10.0. The summed E-state index contributed by atoms with van der Waals surface area (Å²) in [5, 5.41) is 1.38. The van der Waals surface area contributed by atoms with Gasteiger partial charge < -0.3 is 4.57 Å². The van der Waals surface area contributed by atoms with Crippen molar-refractivity contribution < 1.29 is 0 Å². The van der Waals surface area contributed by atoms with E-state index in [2.05, 4.69) is 88.2 Å². The van der Waals surface area contributed by atoms with E-state index in [0.29, 0.717) is 0 Å². The Kier molecular flexibility index (Phi) is 4.74. The average molecular weight is 380 g/mol. The van der Waals surface area contributed by atoms with Gasteiger partial charge in [0, 0.05) is 55.7 Å². The number of benzene rings is 2. The summed E-state index contributed by atoms with van der Waals surface area (Å²) in [6.45, 7) is 5.26. The number of hydrogen-bond donors (Lipinski definition) is 0. The minimum Gasteiger partial charge on any atom is -0.320 e. The van der Waals surface area contributed by atoms with E-state index in [4.69, 9.17) is 0 Å². The van der Waals surface area contributed by atoms with E-state index >= 15 is 0 Å². The van der Waals surface area contributed by atoms with Crippen molar-refractivity contribution in [3.63, 3.8) is 0 Å². The van der Waals surface area contributed by atoms with Gasteiger partial charge in [-0.1, -0.05) is 48.0 Å². The lowest BCUT2D eigenvalue weighted by molar-refractivity contribution is 0.245. The van der Waals surface area contributed by atoms with Crippen molar-refractivity contribution in [1.29, 1.82) is 0 Å². The maximum atomic E-state index is 4.23. The Morgan fingerprint density at radius 1 is 1.03 bits per heavy atom. The Morgan fingerprint density at radius 3 is 2.76 bits per heavy atom. The number of rotatable bonds is 4. The van der Waals surface area contributed by atoms with Crippen LogP contribution < -0.4 is 0 Å². The van der Waals surface area contributed by atoms with Gasteiger partial charge in [0.15, 0.2) is 0 Å². The lowest BCUT2D eigenvalue weighted by Crippen LogP contribution is -2.30. The summed E-state index contributed by atoms with van der Waals surface area (Å²) in [6, 6.07) is 21.7. The molecule has 5 rings (SSSR count). The third-order valence-corrected chi connectivity index (χ3v) is 5.77. The smallest absolute Gasteiger partial charge is 0.0528 e. The van der Waals surface area contributed by atoms with Gasteiger partial charge in [0.25, 0.3) is 0 Å². The van der Waals surface area contributed by atoms with Gasteiger partial charge in [0.05, 0.1) is 5.52 Å². The molecule has 0 spiro atoms. The molecule has 4 aromatic rings. The van der Waals surface area contributed by atoms with Crippen molar-refractivity contribution in [3.05, 3.63) is 101 Å². The molecule has 0 saturated carbocycles. The molecule has 0 amide bonds. The summed E-state index contributed by atoms with van der Waals surface area (Å²) in [5.41, 5.74) is 8.03. The standard InChI is InChI=1S/C26H25N3/c1-20-9-10-25-23(16-20)24-19-28(18-22-6-3-2-4-7-22)14-12-26(24)29(25)15-11-21-8-5-13-27-17-21/h2-11,13,15-17H,12,14,18-19H2,1H3. The molecule has 2 aromatic carbocycles. The van der Waals surface area contributed by atoms with E-state index in [9.17, 15) is 0 Å². The minimum atomic E-state index is 0.998. The van der Waals surface area contributed by atoms with Crippen LogP contribution in [0, 0.1) is 6.92 Å². The number of aryl methyl sites for hydroxylation is 1. The molecule has 144 valence electrons. The van der Waals surface area contributed by atoms with Crippen LogP contribution >= 0.6 is 0 Å². The summed E-state index contributed by atoms with van der Waals surface area (Å²) in [6.07, 6.45) is 9.14. The SMILES string of the molecule is Cc1ccc2c(c1)c1c(n2C=Cc2cccnc2)CCN(Cc2ccccc2)C1. The maximum Gasteiger partial charge on any atom is 0.0528 e. The number of hydrogen-bond acceptors (Lipinski definition) is 2. The summed E-state index contributed by atoms with van der Waals surface area (Å²) in [7, 11) is 0. The van der Waals surface area contributed by atoms with Crippen LogP contribution in [0.1, 0.15) is 27.9 Å². The highest BCUT2D eigenvalue weighted by molar-refractivity contribution is 5.89. The molecule has 0 unspecified atom stereocenters. The van der Waals surface area contributed by atoms with Crippen LogP contribution in [-0.2, 0) is 19.5 Å². The summed E-state index contributed by atoms with van der Waals surface area (Å²) in [5.74, 6) is 0. The number of aromatic nitrogens is 2. The van der Waals surface area contributed by atoms with E-state index in [-0.39, 0.29) is 0 Å². The van der Waals surface area contributed by atoms with Crippen molar-refractivity contribution in [3.8, 4) is 0 Å². The Bertz CT molecular complexity index is 1160. The predicted molar refractivity (Wildman–Crippen MR) is 120 cm³/mol. The van der Waals surface area contributed by atoms with Crippen LogP contribution in [0.2, 0.25) is 0 Å². The molecule has 29 heavy (non-hydrogen) atoms. The first kappa shape index (κ1) is 17.9. The van der Waals surface area contributed by atoms with Gasteiger partial charge >= 0.3 is 0 Å². The first-order valence-electron chi connectivity index (χ1n) is 10.2. The highest BCUT2D eigenvalue weighted by Crippen LogP contribution is 2.32. The molecular weight excluding hydrogens is 354 g/mol. The van der Waals surface area contributed by atoms with Gasteiger partial charge in [-0.05, 0) is 47.9 Å². The van der Waals surface area contributed by atoms with Gasteiger partial charge in [-0.2, -0.15) is 0 Å². The van der Waals surface area contributed by atoms with E-state index in [1.54, 1.807) is 0 Å². The van der Waals surface area contributed by atoms with Crippen LogP contribution in [-0.4, -0.2) is 21.0 Å². The first-order valence-corrected chi connectivity index (χ1v) is 10.2. The zero-order chi connectivity index (χ0) is 19.6. The molecule has 0 bridgehead atoms. The normalized spacial score (nSPS) is 14.5.